The summed E-state index contributed by atoms with van der Waals surface area (Å²) in [6.45, 7) is 10.4. The van der Waals surface area contributed by atoms with Gasteiger partial charge < -0.3 is 5.73 Å². The van der Waals surface area contributed by atoms with Gasteiger partial charge in [0.2, 0.25) is 0 Å². The predicted octanol–water partition coefficient (Wildman–Crippen LogP) is 0.921. The molecular weight excluding hydrogens is 148 g/mol. The fourth-order valence-electron chi connectivity index (χ4n) is 2.55. The summed E-state index contributed by atoms with van der Waals surface area (Å²) >= 11 is 0. The number of piperidine rings is 1. The molecule has 3 atom stereocenters. The molecule has 1 aliphatic carbocycles. The molecule has 0 bridgehead atoms. The third-order valence-electron chi connectivity index (χ3n) is 3.59. The Morgan fingerprint density at radius 3 is 2.08 bits per heavy atom. The monoisotopic (exact) mass is 168 g/mol. The van der Waals surface area contributed by atoms with Crippen LogP contribution in [0.25, 0.3) is 0 Å². The van der Waals surface area contributed by atoms with Gasteiger partial charge in [0.15, 0.2) is 0 Å². The van der Waals surface area contributed by atoms with Crippen molar-refractivity contribution >= 4 is 0 Å². The van der Waals surface area contributed by atoms with E-state index in [1.54, 1.807) is 0 Å². The largest absolute Gasteiger partial charge is 0.330 e. The summed E-state index contributed by atoms with van der Waals surface area (Å²) in [6.07, 6.45) is 0. The van der Waals surface area contributed by atoms with Gasteiger partial charge in [-0.2, -0.15) is 0 Å². The maximum absolute atomic E-state index is 5.66. The molecule has 1 heterocycles. The lowest BCUT2D eigenvalue weighted by Gasteiger charge is -2.33. The SMILES string of the molecule is CC(C)(C)N1C[C@@H]2C(CN)[C@@H]2C1. The van der Waals surface area contributed by atoms with Crippen molar-refractivity contribution in [3.63, 3.8) is 0 Å². The summed E-state index contributed by atoms with van der Waals surface area (Å²) < 4.78 is 0. The van der Waals surface area contributed by atoms with Crippen LogP contribution in [0.3, 0.4) is 0 Å². The molecule has 1 unspecified atom stereocenters. The lowest BCUT2D eigenvalue weighted by atomic mass is 10.1. The van der Waals surface area contributed by atoms with E-state index < -0.39 is 0 Å². The molecule has 1 aliphatic heterocycles. The minimum atomic E-state index is 0.368. The van der Waals surface area contributed by atoms with Crippen LogP contribution in [0.15, 0.2) is 0 Å². The molecule has 0 aromatic carbocycles. The molecule has 0 spiro atoms. The van der Waals surface area contributed by atoms with Crippen molar-refractivity contribution in [2.45, 2.75) is 26.3 Å². The van der Waals surface area contributed by atoms with Crippen molar-refractivity contribution < 1.29 is 0 Å². The molecule has 2 N–H and O–H groups in total. The van der Waals surface area contributed by atoms with Crippen molar-refractivity contribution in [2.75, 3.05) is 19.6 Å². The Bertz CT molecular complexity index is 171. The van der Waals surface area contributed by atoms with E-state index in [-0.39, 0.29) is 0 Å². The van der Waals surface area contributed by atoms with Gasteiger partial charge >= 0.3 is 0 Å². The highest BCUT2D eigenvalue weighted by atomic mass is 15.2. The van der Waals surface area contributed by atoms with Gasteiger partial charge in [0.1, 0.15) is 0 Å². The summed E-state index contributed by atoms with van der Waals surface area (Å²) in [4.78, 5) is 2.59. The molecule has 70 valence electrons. The normalized spacial score (nSPS) is 41.5. The summed E-state index contributed by atoms with van der Waals surface area (Å²) in [5.74, 6) is 2.74. The minimum absolute atomic E-state index is 0.368. The molecule has 0 aromatic rings. The van der Waals surface area contributed by atoms with Gasteiger partial charge in [-0.25, -0.2) is 0 Å². The average molecular weight is 168 g/mol. The van der Waals surface area contributed by atoms with Gasteiger partial charge in [0.25, 0.3) is 0 Å². The number of fused-ring (bicyclic) bond motifs is 1. The Hall–Kier alpha value is -0.0800. The van der Waals surface area contributed by atoms with Crippen LogP contribution in [-0.2, 0) is 0 Å². The summed E-state index contributed by atoms with van der Waals surface area (Å²) in [5, 5.41) is 0. The lowest BCUT2D eigenvalue weighted by molar-refractivity contribution is 0.148. The smallest absolute Gasteiger partial charge is 0.0125 e. The van der Waals surface area contributed by atoms with E-state index in [2.05, 4.69) is 25.7 Å². The Morgan fingerprint density at radius 2 is 1.75 bits per heavy atom. The third-order valence-corrected chi connectivity index (χ3v) is 3.59. The highest BCUT2D eigenvalue weighted by Gasteiger charge is 2.55. The molecule has 2 nitrogen and oxygen atoms in total. The Balaban J connectivity index is 1.90. The zero-order valence-electron chi connectivity index (χ0n) is 8.38. The van der Waals surface area contributed by atoms with Crippen molar-refractivity contribution in [3.8, 4) is 0 Å². The van der Waals surface area contributed by atoms with Crippen molar-refractivity contribution in [3.05, 3.63) is 0 Å². The zero-order valence-corrected chi connectivity index (χ0v) is 8.38. The molecule has 1 saturated carbocycles. The molecule has 0 radical (unpaired) electrons. The molecule has 2 heteroatoms. The molecule has 0 aromatic heterocycles. The first-order chi connectivity index (χ1) is 5.54. The van der Waals surface area contributed by atoms with Crippen molar-refractivity contribution in [1.82, 2.24) is 4.90 Å². The van der Waals surface area contributed by atoms with Crippen LogP contribution in [0, 0.1) is 17.8 Å². The summed E-state index contributed by atoms with van der Waals surface area (Å²) in [6, 6.07) is 0. The first-order valence-electron chi connectivity index (χ1n) is 4.99. The number of hydrogen-bond acceptors (Lipinski definition) is 2. The first kappa shape index (κ1) is 8.52. The highest BCUT2D eigenvalue weighted by Crippen LogP contribution is 2.52. The second-order valence-corrected chi connectivity index (χ2v) is 5.30. The molecule has 2 fully saturated rings. The van der Waals surface area contributed by atoms with E-state index in [0.29, 0.717) is 5.54 Å². The second-order valence-electron chi connectivity index (χ2n) is 5.30. The molecular formula is C10H20N2. The number of hydrogen-bond donors (Lipinski definition) is 1. The third kappa shape index (κ3) is 1.17. The Labute approximate surface area is 75.1 Å². The van der Waals surface area contributed by atoms with E-state index in [1.165, 1.54) is 13.1 Å². The summed E-state index contributed by atoms with van der Waals surface area (Å²) in [5.41, 5.74) is 6.03. The van der Waals surface area contributed by atoms with Crippen molar-refractivity contribution in [2.24, 2.45) is 23.5 Å². The van der Waals surface area contributed by atoms with E-state index in [9.17, 15) is 0 Å². The minimum Gasteiger partial charge on any atom is -0.330 e. The van der Waals surface area contributed by atoms with Gasteiger partial charge in [0.05, 0.1) is 0 Å². The van der Waals surface area contributed by atoms with E-state index >= 15 is 0 Å². The molecule has 12 heavy (non-hydrogen) atoms. The van der Waals surface area contributed by atoms with E-state index in [1.807, 2.05) is 0 Å². The van der Waals surface area contributed by atoms with Gasteiger partial charge in [-0.05, 0) is 45.1 Å². The average Bonchev–Trinajstić information content (AvgIpc) is 2.39. The topological polar surface area (TPSA) is 29.3 Å². The highest BCUT2D eigenvalue weighted by molar-refractivity contribution is 5.07. The van der Waals surface area contributed by atoms with Crippen LogP contribution < -0.4 is 5.73 Å². The van der Waals surface area contributed by atoms with Crippen LogP contribution in [0.1, 0.15) is 20.8 Å². The standard InChI is InChI=1S/C10H20N2/c1-10(2,3)12-5-8-7(4-11)9(8)6-12/h7-9H,4-6,11H2,1-3H3/t7?,8-,9+. The molecule has 0 amide bonds. The molecule has 1 saturated heterocycles. The Morgan fingerprint density at radius 1 is 1.25 bits per heavy atom. The van der Waals surface area contributed by atoms with Crippen LogP contribution in [0.4, 0.5) is 0 Å². The summed E-state index contributed by atoms with van der Waals surface area (Å²) in [7, 11) is 0. The van der Waals surface area contributed by atoms with Crippen molar-refractivity contribution in [1.29, 1.82) is 0 Å². The molecule has 2 aliphatic rings. The zero-order chi connectivity index (χ0) is 8.93. The van der Waals surface area contributed by atoms with Gasteiger partial charge in [0, 0.05) is 18.6 Å². The lowest BCUT2D eigenvalue weighted by Crippen LogP contribution is -2.41. The van der Waals surface area contributed by atoms with Gasteiger partial charge in [-0.3, -0.25) is 4.90 Å². The number of rotatable bonds is 1. The predicted molar refractivity (Wildman–Crippen MR) is 50.9 cm³/mol. The first-order valence-corrected chi connectivity index (χ1v) is 4.99. The number of nitrogens with zero attached hydrogens (tertiary/aromatic N) is 1. The Kier molecular flexibility index (Phi) is 1.74. The fourth-order valence-corrected chi connectivity index (χ4v) is 2.55. The maximum Gasteiger partial charge on any atom is 0.0125 e. The molecule has 2 rings (SSSR count). The van der Waals surface area contributed by atoms with Crippen LogP contribution >= 0.6 is 0 Å². The van der Waals surface area contributed by atoms with Crippen LogP contribution in [0.5, 0.6) is 0 Å². The van der Waals surface area contributed by atoms with E-state index in [4.69, 9.17) is 5.73 Å². The van der Waals surface area contributed by atoms with Crippen LogP contribution in [0.2, 0.25) is 0 Å². The van der Waals surface area contributed by atoms with Gasteiger partial charge in [-0.15, -0.1) is 0 Å². The second kappa shape index (κ2) is 2.46. The van der Waals surface area contributed by atoms with Gasteiger partial charge in [-0.1, -0.05) is 0 Å². The quantitative estimate of drug-likeness (QED) is 0.631. The maximum atomic E-state index is 5.66. The number of nitrogens with two attached hydrogens (primary N) is 1. The van der Waals surface area contributed by atoms with Crippen LogP contribution in [-0.4, -0.2) is 30.1 Å². The fraction of sp³-hybridized carbons (Fsp3) is 1.00. The number of likely N-dealkylation sites (tertiary alicyclic amines) is 1. The van der Waals surface area contributed by atoms with E-state index in [0.717, 1.165) is 24.3 Å².